The summed E-state index contributed by atoms with van der Waals surface area (Å²) in [5, 5.41) is 14.2. The van der Waals surface area contributed by atoms with Gasteiger partial charge in [0.25, 0.3) is 0 Å². The van der Waals surface area contributed by atoms with Crippen molar-refractivity contribution in [3.05, 3.63) is 78.1 Å². The Balaban J connectivity index is 1.23. The number of rotatable bonds is 8. The van der Waals surface area contributed by atoms with Gasteiger partial charge in [-0.1, -0.05) is 24.3 Å². The van der Waals surface area contributed by atoms with Crippen LogP contribution in [0.5, 0.6) is 11.5 Å². The van der Waals surface area contributed by atoms with Crippen LogP contribution in [0.15, 0.2) is 67.0 Å². The van der Waals surface area contributed by atoms with Gasteiger partial charge in [-0.3, -0.25) is 4.79 Å². The summed E-state index contributed by atoms with van der Waals surface area (Å²) in [6.07, 6.45) is 7.47. The SMILES string of the molecule is COc1ccc([C@@H](C)N2C[C@H]([C@@H](C)Oc3cc(-c4ccc(N5CCCCC5)cc4)cn4ncc(C#N)c34)CC2=O)cc1. The zero-order valence-electron chi connectivity index (χ0n) is 24.5. The lowest BCUT2D eigenvalue weighted by atomic mass is 10.0. The molecule has 2 aromatic carbocycles. The summed E-state index contributed by atoms with van der Waals surface area (Å²) in [6, 6.07) is 20.7. The molecule has 0 unspecified atom stereocenters. The van der Waals surface area contributed by atoms with E-state index in [0.29, 0.717) is 29.8 Å². The monoisotopic (exact) mass is 563 g/mol. The second-order valence-corrected chi connectivity index (χ2v) is 11.4. The molecular formula is C34H37N5O3. The van der Waals surface area contributed by atoms with Gasteiger partial charge in [0.2, 0.25) is 5.91 Å². The summed E-state index contributed by atoms with van der Waals surface area (Å²) >= 11 is 0. The summed E-state index contributed by atoms with van der Waals surface area (Å²) in [5.74, 6) is 1.53. The van der Waals surface area contributed by atoms with Crippen molar-refractivity contribution in [2.75, 3.05) is 31.6 Å². The van der Waals surface area contributed by atoms with Crippen LogP contribution in [0, 0.1) is 17.2 Å². The topological polar surface area (TPSA) is 83.1 Å². The van der Waals surface area contributed by atoms with Gasteiger partial charge in [0, 0.05) is 49.4 Å². The molecule has 1 amide bonds. The summed E-state index contributed by atoms with van der Waals surface area (Å²) in [7, 11) is 1.65. The number of hydrogen-bond acceptors (Lipinski definition) is 6. The second kappa shape index (κ2) is 11.8. The first-order chi connectivity index (χ1) is 20.4. The Bertz CT molecular complexity index is 1600. The van der Waals surface area contributed by atoms with E-state index in [2.05, 4.69) is 47.3 Å². The third kappa shape index (κ3) is 5.39. The Morgan fingerprint density at radius 1 is 1.00 bits per heavy atom. The van der Waals surface area contributed by atoms with Crippen LogP contribution >= 0.6 is 0 Å². The normalized spacial score (nSPS) is 18.6. The Hall–Kier alpha value is -4.51. The molecule has 0 spiro atoms. The molecule has 0 saturated carbocycles. The highest BCUT2D eigenvalue weighted by Gasteiger charge is 2.37. The maximum atomic E-state index is 13.1. The maximum absolute atomic E-state index is 13.1. The number of nitrogens with zero attached hydrogens (tertiary/aromatic N) is 5. The lowest BCUT2D eigenvalue weighted by molar-refractivity contribution is -0.129. The summed E-state index contributed by atoms with van der Waals surface area (Å²) in [4.78, 5) is 17.5. The van der Waals surface area contributed by atoms with Gasteiger partial charge in [0.15, 0.2) is 0 Å². The number of carbonyl (C=O) groups excluding carboxylic acids is 1. The fourth-order valence-electron chi connectivity index (χ4n) is 6.24. The number of aromatic nitrogens is 2. The van der Waals surface area contributed by atoms with E-state index in [1.54, 1.807) is 17.8 Å². The number of ether oxygens (including phenoxy) is 2. The van der Waals surface area contributed by atoms with Crippen molar-refractivity contribution >= 4 is 17.1 Å². The van der Waals surface area contributed by atoms with Gasteiger partial charge in [-0.15, -0.1) is 0 Å². The van der Waals surface area contributed by atoms with Gasteiger partial charge >= 0.3 is 0 Å². The van der Waals surface area contributed by atoms with Crippen molar-refractivity contribution in [1.29, 1.82) is 5.26 Å². The largest absolute Gasteiger partial charge is 0.497 e. The second-order valence-electron chi connectivity index (χ2n) is 11.4. The number of methoxy groups -OCH3 is 1. The van der Waals surface area contributed by atoms with Gasteiger partial charge in [0.1, 0.15) is 34.8 Å². The zero-order valence-corrected chi connectivity index (χ0v) is 24.5. The molecule has 4 heterocycles. The molecule has 2 aliphatic heterocycles. The summed E-state index contributed by atoms with van der Waals surface area (Å²) in [6.45, 7) is 6.88. The Morgan fingerprint density at radius 2 is 1.74 bits per heavy atom. The number of pyridine rings is 1. The minimum Gasteiger partial charge on any atom is -0.497 e. The highest BCUT2D eigenvalue weighted by Crippen LogP contribution is 2.35. The number of amides is 1. The minimum atomic E-state index is -0.246. The average Bonchev–Trinajstić information content (AvgIpc) is 3.64. The maximum Gasteiger partial charge on any atom is 0.223 e. The van der Waals surface area contributed by atoms with Crippen LogP contribution in [0.3, 0.4) is 0 Å². The van der Waals surface area contributed by atoms with E-state index < -0.39 is 0 Å². The van der Waals surface area contributed by atoms with E-state index >= 15 is 0 Å². The third-order valence-electron chi connectivity index (χ3n) is 8.85. The molecule has 2 fully saturated rings. The van der Waals surface area contributed by atoms with Crippen molar-refractivity contribution in [1.82, 2.24) is 14.5 Å². The molecule has 3 atom stereocenters. The molecule has 8 heteroatoms. The van der Waals surface area contributed by atoms with Crippen LogP contribution in [-0.2, 0) is 4.79 Å². The first-order valence-electron chi connectivity index (χ1n) is 14.8. The highest BCUT2D eigenvalue weighted by molar-refractivity contribution is 5.79. The number of fused-ring (bicyclic) bond motifs is 1. The number of benzene rings is 2. The quantitative estimate of drug-likeness (QED) is 0.252. The Labute approximate surface area is 247 Å². The molecular weight excluding hydrogens is 526 g/mol. The molecule has 216 valence electrons. The molecule has 42 heavy (non-hydrogen) atoms. The molecule has 0 radical (unpaired) electrons. The molecule has 8 nitrogen and oxygen atoms in total. The van der Waals surface area contributed by atoms with Crippen molar-refractivity contribution in [2.24, 2.45) is 5.92 Å². The molecule has 4 aromatic rings. The van der Waals surface area contributed by atoms with E-state index in [-0.39, 0.29) is 24.0 Å². The van der Waals surface area contributed by atoms with Crippen LogP contribution in [-0.4, -0.2) is 53.3 Å². The zero-order chi connectivity index (χ0) is 29.2. The highest BCUT2D eigenvalue weighted by atomic mass is 16.5. The fourth-order valence-corrected chi connectivity index (χ4v) is 6.24. The van der Waals surface area contributed by atoms with Gasteiger partial charge in [-0.25, -0.2) is 4.52 Å². The molecule has 0 N–H and O–H groups in total. The molecule has 2 aromatic heterocycles. The number of hydrogen-bond donors (Lipinski definition) is 0. The van der Waals surface area contributed by atoms with E-state index in [9.17, 15) is 10.1 Å². The first kappa shape index (κ1) is 27.6. The number of likely N-dealkylation sites (tertiary alicyclic amines) is 1. The van der Waals surface area contributed by atoms with Gasteiger partial charge in [-0.2, -0.15) is 10.4 Å². The summed E-state index contributed by atoms with van der Waals surface area (Å²) < 4.78 is 13.6. The number of piperidine rings is 1. The van der Waals surface area contributed by atoms with E-state index in [1.807, 2.05) is 48.4 Å². The predicted octanol–water partition coefficient (Wildman–Crippen LogP) is 6.25. The van der Waals surface area contributed by atoms with Crippen LogP contribution < -0.4 is 14.4 Å². The third-order valence-corrected chi connectivity index (χ3v) is 8.85. The number of anilines is 1. The van der Waals surface area contributed by atoms with Gasteiger partial charge in [0.05, 0.1) is 19.3 Å². The van der Waals surface area contributed by atoms with Crippen LogP contribution in [0.1, 0.15) is 56.7 Å². The standard InChI is InChI=1S/C34H37N5O3/c1-23(25-9-13-31(41-3)14-10-25)38-21-27(18-33(38)40)24(2)42-32-17-28(22-39-34(32)29(19-35)20-36-39)26-7-11-30(12-8-26)37-15-5-4-6-16-37/h7-14,17,20,22-24,27H,4-6,15-16,18,21H2,1-3H3/t23-,24-,27-/m1/s1. The molecule has 6 rings (SSSR count). The summed E-state index contributed by atoms with van der Waals surface area (Å²) in [5.41, 5.74) is 5.43. The lowest BCUT2D eigenvalue weighted by Gasteiger charge is -2.29. The Kier molecular flexibility index (Phi) is 7.75. The van der Waals surface area contributed by atoms with E-state index in [4.69, 9.17) is 9.47 Å². The van der Waals surface area contributed by atoms with E-state index in [1.165, 1.54) is 24.9 Å². The molecule has 2 aliphatic rings. The van der Waals surface area contributed by atoms with Gasteiger partial charge < -0.3 is 19.3 Å². The fraction of sp³-hybridized carbons (Fsp3) is 0.382. The first-order valence-corrected chi connectivity index (χ1v) is 14.8. The number of nitriles is 1. The minimum absolute atomic E-state index is 0.0131. The molecule has 0 aliphatic carbocycles. The molecule has 2 saturated heterocycles. The molecule has 0 bridgehead atoms. The van der Waals surface area contributed by atoms with Crippen molar-refractivity contribution < 1.29 is 14.3 Å². The smallest absolute Gasteiger partial charge is 0.223 e. The lowest BCUT2D eigenvalue weighted by Crippen LogP contribution is -2.31. The van der Waals surface area contributed by atoms with Crippen LogP contribution in [0.2, 0.25) is 0 Å². The van der Waals surface area contributed by atoms with Crippen LogP contribution in [0.25, 0.3) is 16.6 Å². The average molecular weight is 564 g/mol. The van der Waals surface area contributed by atoms with Crippen molar-refractivity contribution in [2.45, 2.75) is 51.7 Å². The van der Waals surface area contributed by atoms with Gasteiger partial charge in [-0.05, 0) is 74.6 Å². The van der Waals surface area contributed by atoms with Crippen molar-refractivity contribution in [3.63, 3.8) is 0 Å². The Morgan fingerprint density at radius 3 is 2.43 bits per heavy atom. The van der Waals surface area contributed by atoms with E-state index in [0.717, 1.165) is 35.5 Å². The van der Waals surface area contributed by atoms with Crippen molar-refractivity contribution in [3.8, 4) is 28.7 Å². The predicted molar refractivity (Wildman–Crippen MR) is 163 cm³/mol. The van der Waals surface area contributed by atoms with Crippen LogP contribution in [0.4, 0.5) is 5.69 Å². The number of carbonyl (C=O) groups is 1.